The van der Waals surface area contributed by atoms with Gasteiger partial charge in [-0.1, -0.05) is 6.07 Å². The van der Waals surface area contributed by atoms with Crippen LogP contribution in [0, 0.1) is 0 Å². The molecule has 15 heavy (non-hydrogen) atoms. The Morgan fingerprint density at radius 3 is 2.93 bits per heavy atom. The number of fused-ring (bicyclic) bond motifs is 1. The summed E-state index contributed by atoms with van der Waals surface area (Å²) in [4.78, 5) is 10.6. The van der Waals surface area contributed by atoms with Gasteiger partial charge in [-0.15, -0.1) is 0 Å². The van der Waals surface area contributed by atoms with Crippen LogP contribution < -0.4 is 4.74 Å². The van der Waals surface area contributed by atoms with Crippen LogP contribution in [0.1, 0.15) is 17.5 Å². The molecule has 0 spiro atoms. The molecule has 78 valence electrons. The molecule has 1 aliphatic rings. The van der Waals surface area contributed by atoms with E-state index in [1.165, 1.54) is 11.6 Å². The molecule has 3 nitrogen and oxygen atoms in total. The lowest BCUT2D eigenvalue weighted by Gasteiger charge is -2.04. The zero-order chi connectivity index (χ0) is 10.8. The highest BCUT2D eigenvalue weighted by molar-refractivity contribution is 5.91. The monoisotopic (exact) mass is 204 g/mol. The number of allylic oxidation sites excluding steroid dienone is 1. The van der Waals surface area contributed by atoms with Gasteiger partial charge in [-0.25, -0.2) is 4.79 Å². The topological polar surface area (TPSA) is 46.5 Å². The summed E-state index contributed by atoms with van der Waals surface area (Å²) in [7, 11) is 1.61. The predicted octanol–water partition coefficient (Wildman–Crippen LogP) is 2.11. The smallest absolute Gasteiger partial charge is 0.328 e. The van der Waals surface area contributed by atoms with Gasteiger partial charge in [0.15, 0.2) is 0 Å². The molecule has 0 aliphatic heterocycles. The normalized spacial score (nSPS) is 16.5. The molecule has 0 unspecified atom stereocenters. The number of hydrogen-bond donors (Lipinski definition) is 1. The fraction of sp³-hybridized carbons (Fsp3) is 0.250. The van der Waals surface area contributed by atoms with Crippen molar-refractivity contribution in [1.82, 2.24) is 0 Å². The molecular weight excluding hydrogens is 192 g/mol. The Kier molecular flexibility index (Phi) is 2.46. The van der Waals surface area contributed by atoms with E-state index in [0.29, 0.717) is 0 Å². The highest BCUT2D eigenvalue weighted by Gasteiger charge is 2.17. The molecule has 1 aliphatic carbocycles. The molecule has 2 rings (SSSR count). The molecule has 1 aromatic rings. The van der Waals surface area contributed by atoms with Crippen LogP contribution in [0.4, 0.5) is 0 Å². The molecule has 0 saturated heterocycles. The van der Waals surface area contributed by atoms with Crippen molar-refractivity contribution in [2.24, 2.45) is 0 Å². The summed E-state index contributed by atoms with van der Waals surface area (Å²) >= 11 is 0. The van der Waals surface area contributed by atoms with Gasteiger partial charge in [0.05, 0.1) is 7.11 Å². The van der Waals surface area contributed by atoms with Gasteiger partial charge in [-0.2, -0.15) is 0 Å². The van der Waals surface area contributed by atoms with Crippen LogP contribution in [-0.2, 0) is 11.2 Å². The molecule has 0 saturated carbocycles. The number of carbonyl (C=O) groups is 1. The molecule has 1 aromatic carbocycles. The Morgan fingerprint density at radius 2 is 2.27 bits per heavy atom. The molecule has 0 bridgehead atoms. The maximum Gasteiger partial charge on any atom is 0.328 e. The van der Waals surface area contributed by atoms with Crippen molar-refractivity contribution in [2.45, 2.75) is 12.8 Å². The van der Waals surface area contributed by atoms with Gasteiger partial charge in [0, 0.05) is 6.08 Å². The van der Waals surface area contributed by atoms with Crippen LogP contribution in [-0.4, -0.2) is 18.2 Å². The fourth-order valence-electron chi connectivity index (χ4n) is 1.90. The van der Waals surface area contributed by atoms with Crippen molar-refractivity contribution in [3.05, 3.63) is 35.4 Å². The van der Waals surface area contributed by atoms with Gasteiger partial charge in [0.25, 0.3) is 0 Å². The number of carboxylic acids is 1. The van der Waals surface area contributed by atoms with Crippen LogP contribution in [0.3, 0.4) is 0 Å². The average Bonchev–Trinajstić information content (AvgIpc) is 2.60. The maximum atomic E-state index is 10.6. The van der Waals surface area contributed by atoms with Crippen molar-refractivity contribution in [1.29, 1.82) is 0 Å². The zero-order valence-electron chi connectivity index (χ0n) is 8.49. The van der Waals surface area contributed by atoms with Crippen LogP contribution in [0.2, 0.25) is 0 Å². The summed E-state index contributed by atoms with van der Waals surface area (Å²) in [6, 6.07) is 5.80. The highest BCUT2D eigenvalue weighted by Crippen LogP contribution is 2.34. The summed E-state index contributed by atoms with van der Waals surface area (Å²) in [6.07, 6.45) is 3.00. The fourth-order valence-corrected chi connectivity index (χ4v) is 1.90. The first kappa shape index (κ1) is 9.77. The van der Waals surface area contributed by atoms with E-state index >= 15 is 0 Å². The van der Waals surface area contributed by atoms with Crippen LogP contribution in [0.25, 0.3) is 5.57 Å². The quantitative estimate of drug-likeness (QED) is 0.750. The third-order valence-corrected chi connectivity index (χ3v) is 2.62. The number of aliphatic carboxylic acids is 1. The van der Waals surface area contributed by atoms with Gasteiger partial charge in [0.2, 0.25) is 0 Å². The second kappa shape index (κ2) is 3.77. The number of ether oxygens (including phenoxy) is 1. The Labute approximate surface area is 88.0 Å². The predicted molar refractivity (Wildman–Crippen MR) is 56.9 cm³/mol. The van der Waals surface area contributed by atoms with E-state index in [-0.39, 0.29) is 0 Å². The van der Waals surface area contributed by atoms with Crippen LogP contribution in [0.15, 0.2) is 24.3 Å². The van der Waals surface area contributed by atoms with E-state index < -0.39 is 5.97 Å². The Balaban J connectivity index is 2.44. The minimum atomic E-state index is -0.888. The molecule has 0 amide bonds. The minimum absolute atomic E-state index is 0.770. The molecule has 0 radical (unpaired) electrons. The second-order valence-corrected chi connectivity index (χ2v) is 3.53. The van der Waals surface area contributed by atoms with E-state index in [1.807, 2.05) is 18.2 Å². The summed E-state index contributed by atoms with van der Waals surface area (Å²) in [5.41, 5.74) is 3.09. The molecule has 0 heterocycles. The Morgan fingerprint density at radius 1 is 1.47 bits per heavy atom. The number of carboxylic acid groups (broad SMARTS) is 1. The molecule has 0 aromatic heterocycles. The van der Waals surface area contributed by atoms with Crippen LogP contribution >= 0.6 is 0 Å². The van der Waals surface area contributed by atoms with E-state index in [0.717, 1.165) is 29.7 Å². The summed E-state index contributed by atoms with van der Waals surface area (Å²) in [5.74, 6) is -0.118. The van der Waals surface area contributed by atoms with Crippen molar-refractivity contribution in [2.75, 3.05) is 7.11 Å². The standard InChI is InChI=1S/C12H12O3/c1-15-10-5-4-8-2-3-9(6-12(13)14)11(8)7-10/h4-7H,2-3H2,1H3,(H,13,14)/b9-6-. The van der Waals surface area contributed by atoms with Gasteiger partial charge >= 0.3 is 5.97 Å². The summed E-state index contributed by atoms with van der Waals surface area (Å²) in [5, 5.41) is 8.72. The molecule has 1 N–H and O–H groups in total. The molecular formula is C12H12O3. The van der Waals surface area contributed by atoms with E-state index in [9.17, 15) is 4.79 Å². The number of rotatable bonds is 2. The second-order valence-electron chi connectivity index (χ2n) is 3.53. The van der Waals surface area contributed by atoms with Crippen molar-refractivity contribution >= 4 is 11.5 Å². The SMILES string of the molecule is COc1ccc2c(c1)/C(=C\C(=O)O)CC2. The lowest BCUT2D eigenvalue weighted by atomic mass is 10.1. The van der Waals surface area contributed by atoms with Crippen LogP contribution in [0.5, 0.6) is 5.75 Å². The summed E-state index contributed by atoms with van der Waals surface area (Å²) < 4.78 is 5.12. The number of benzene rings is 1. The maximum absolute atomic E-state index is 10.6. The first-order valence-corrected chi connectivity index (χ1v) is 4.81. The first-order valence-electron chi connectivity index (χ1n) is 4.81. The Bertz CT molecular complexity index is 432. The van der Waals surface area contributed by atoms with Crippen molar-refractivity contribution in [3.63, 3.8) is 0 Å². The number of aryl methyl sites for hydroxylation is 1. The highest BCUT2D eigenvalue weighted by atomic mass is 16.5. The van der Waals surface area contributed by atoms with Gasteiger partial charge in [-0.05, 0) is 41.7 Å². The van der Waals surface area contributed by atoms with Gasteiger partial charge in [-0.3, -0.25) is 0 Å². The van der Waals surface area contributed by atoms with Gasteiger partial charge < -0.3 is 9.84 Å². The van der Waals surface area contributed by atoms with E-state index in [4.69, 9.17) is 9.84 Å². The third kappa shape index (κ3) is 1.86. The molecule has 0 fully saturated rings. The van der Waals surface area contributed by atoms with Crippen molar-refractivity contribution in [3.8, 4) is 5.75 Å². The van der Waals surface area contributed by atoms with Gasteiger partial charge in [0.1, 0.15) is 5.75 Å². The largest absolute Gasteiger partial charge is 0.497 e. The molecule has 3 heteroatoms. The average molecular weight is 204 g/mol. The minimum Gasteiger partial charge on any atom is -0.497 e. The zero-order valence-corrected chi connectivity index (χ0v) is 8.49. The molecule has 0 atom stereocenters. The lowest BCUT2D eigenvalue weighted by Crippen LogP contribution is -1.90. The van der Waals surface area contributed by atoms with E-state index in [1.54, 1.807) is 7.11 Å². The van der Waals surface area contributed by atoms with E-state index in [2.05, 4.69) is 0 Å². The summed E-state index contributed by atoms with van der Waals surface area (Å²) in [6.45, 7) is 0. The number of methoxy groups -OCH3 is 1. The third-order valence-electron chi connectivity index (χ3n) is 2.62. The first-order chi connectivity index (χ1) is 7.20. The lowest BCUT2D eigenvalue weighted by molar-refractivity contribution is -0.131. The Hall–Kier alpha value is -1.77. The number of hydrogen-bond acceptors (Lipinski definition) is 2. The van der Waals surface area contributed by atoms with Crippen molar-refractivity contribution < 1.29 is 14.6 Å².